The number of hydrogen-bond donors (Lipinski definition) is 1. The quantitative estimate of drug-likeness (QED) is 0.697. The van der Waals surface area contributed by atoms with Crippen LogP contribution in [0.2, 0.25) is 0 Å². The Morgan fingerprint density at radius 1 is 1.57 bits per heavy atom. The standard InChI is InChI=1S/C10H20N2O2/c1-7(2)12(8-4-5-8)10(13)9(6-11)14-3/h7-9H,4-6,11H2,1-3H3. The highest BCUT2D eigenvalue weighted by atomic mass is 16.5. The van der Waals surface area contributed by atoms with Gasteiger partial charge in [-0.3, -0.25) is 4.79 Å². The maximum atomic E-state index is 11.9. The summed E-state index contributed by atoms with van der Waals surface area (Å²) in [6.07, 6.45) is 1.76. The number of methoxy groups -OCH3 is 1. The van der Waals surface area contributed by atoms with Gasteiger partial charge in [-0.1, -0.05) is 0 Å². The topological polar surface area (TPSA) is 55.6 Å². The zero-order valence-electron chi connectivity index (χ0n) is 9.19. The molecule has 0 bridgehead atoms. The molecule has 1 aliphatic rings. The normalized spacial score (nSPS) is 18.4. The lowest BCUT2D eigenvalue weighted by Gasteiger charge is -2.29. The Labute approximate surface area is 85.4 Å². The molecule has 0 spiro atoms. The molecule has 1 rings (SSSR count). The number of nitrogens with two attached hydrogens (primary N) is 1. The number of nitrogens with zero attached hydrogens (tertiary/aromatic N) is 1. The van der Waals surface area contributed by atoms with Gasteiger partial charge in [-0.05, 0) is 26.7 Å². The van der Waals surface area contributed by atoms with E-state index in [0.717, 1.165) is 12.8 Å². The van der Waals surface area contributed by atoms with Crippen LogP contribution in [0.3, 0.4) is 0 Å². The molecule has 1 atom stereocenters. The minimum Gasteiger partial charge on any atom is -0.370 e. The first-order valence-corrected chi connectivity index (χ1v) is 5.16. The molecule has 0 heterocycles. The van der Waals surface area contributed by atoms with Gasteiger partial charge in [0, 0.05) is 25.7 Å². The molecule has 0 saturated heterocycles. The van der Waals surface area contributed by atoms with Crippen LogP contribution in [0, 0.1) is 0 Å². The molecule has 1 fully saturated rings. The number of carbonyl (C=O) groups is 1. The lowest BCUT2D eigenvalue weighted by Crippen LogP contribution is -2.47. The Bertz CT molecular complexity index is 196. The third-order valence-electron chi connectivity index (χ3n) is 2.53. The van der Waals surface area contributed by atoms with Crippen molar-refractivity contribution in [1.82, 2.24) is 4.90 Å². The second-order valence-corrected chi connectivity index (χ2v) is 4.03. The molecule has 4 nitrogen and oxygen atoms in total. The summed E-state index contributed by atoms with van der Waals surface area (Å²) in [5.41, 5.74) is 5.47. The van der Waals surface area contributed by atoms with Gasteiger partial charge in [0.1, 0.15) is 6.10 Å². The summed E-state index contributed by atoms with van der Waals surface area (Å²) in [7, 11) is 1.53. The van der Waals surface area contributed by atoms with Gasteiger partial charge in [0.25, 0.3) is 5.91 Å². The second-order valence-electron chi connectivity index (χ2n) is 4.03. The lowest BCUT2D eigenvalue weighted by molar-refractivity contribution is -0.143. The van der Waals surface area contributed by atoms with Gasteiger partial charge in [-0.2, -0.15) is 0 Å². The van der Waals surface area contributed by atoms with Crippen molar-refractivity contribution in [2.24, 2.45) is 5.73 Å². The zero-order valence-corrected chi connectivity index (χ0v) is 9.19. The van der Waals surface area contributed by atoms with Crippen LogP contribution in [0.4, 0.5) is 0 Å². The summed E-state index contributed by atoms with van der Waals surface area (Å²) in [5, 5.41) is 0. The Hall–Kier alpha value is -0.610. The fraction of sp³-hybridized carbons (Fsp3) is 0.900. The van der Waals surface area contributed by atoms with Crippen LogP contribution in [0.25, 0.3) is 0 Å². The monoisotopic (exact) mass is 200 g/mol. The summed E-state index contributed by atoms with van der Waals surface area (Å²) in [6.45, 7) is 4.31. The predicted molar refractivity (Wildman–Crippen MR) is 54.9 cm³/mol. The molecule has 82 valence electrons. The zero-order chi connectivity index (χ0) is 10.7. The number of rotatable bonds is 5. The van der Waals surface area contributed by atoms with Crippen LogP contribution in [-0.4, -0.2) is 42.6 Å². The van der Waals surface area contributed by atoms with Gasteiger partial charge < -0.3 is 15.4 Å². The van der Waals surface area contributed by atoms with E-state index in [2.05, 4.69) is 0 Å². The van der Waals surface area contributed by atoms with E-state index >= 15 is 0 Å². The van der Waals surface area contributed by atoms with Crippen LogP contribution in [-0.2, 0) is 9.53 Å². The van der Waals surface area contributed by atoms with E-state index in [1.165, 1.54) is 7.11 Å². The SMILES string of the molecule is COC(CN)C(=O)N(C(C)C)C1CC1. The van der Waals surface area contributed by atoms with E-state index in [0.29, 0.717) is 6.04 Å². The third kappa shape index (κ3) is 2.45. The van der Waals surface area contributed by atoms with Crippen LogP contribution in [0.15, 0.2) is 0 Å². The van der Waals surface area contributed by atoms with Gasteiger partial charge in [-0.25, -0.2) is 0 Å². The molecular weight excluding hydrogens is 180 g/mol. The van der Waals surface area contributed by atoms with Crippen molar-refractivity contribution in [3.05, 3.63) is 0 Å². The van der Waals surface area contributed by atoms with Crippen molar-refractivity contribution in [3.8, 4) is 0 Å². The number of carbonyl (C=O) groups excluding carboxylic acids is 1. The highest BCUT2D eigenvalue weighted by Crippen LogP contribution is 2.29. The van der Waals surface area contributed by atoms with Gasteiger partial charge in [-0.15, -0.1) is 0 Å². The largest absolute Gasteiger partial charge is 0.370 e. The number of amides is 1. The lowest BCUT2D eigenvalue weighted by atomic mass is 10.2. The first-order chi connectivity index (χ1) is 6.61. The van der Waals surface area contributed by atoms with Crippen molar-refractivity contribution in [1.29, 1.82) is 0 Å². The average molecular weight is 200 g/mol. The Balaban J connectivity index is 2.62. The average Bonchev–Trinajstić information content (AvgIpc) is 2.90. The van der Waals surface area contributed by atoms with E-state index in [4.69, 9.17) is 10.5 Å². The summed E-state index contributed by atoms with van der Waals surface area (Å²) >= 11 is 0. The van der Waals surface area contributed by atoms with Crippen LogP contribution >= 0.6 is 0 Å². The summed E-state index contributed by atoms with van der Waals surface area (Å²) < 4.78 is 5.05. The van der Waals surface area contributed by atoms with Gasteiger partial charge in [0.05, 0.1) is 0 Å². The molecule has 0 aromatic rings. The highest BCUT2D eigenvalue weighted by molar-refractivity contribution is 5.82. The molecule has 14 heavy (non-hydrogen) atoms. The minimum absolute atomic E-state index is 0.0347. The fourth-order valence-corrected chi connectivity index (χ4v) is 1.67. The van der Waals surface area contributed by atoms with Gasteiger partial charge >= 0.3 is 0 Å². The predicted octanol–water partition coefficient (Wildman–Crippen LogP) is 0.360. The van der Waals surface area contributed by atoms with Crippen LogP contribution in [0.1, 0.15) is 26.7 Å². The minimum atomic E-state index is -0.474. The second kappa shape index (κ2) is 4.75. The molecule has 1 unspecified atom stereocenters. The van der Waals surface area contributed by atoms with E-state index in [1.807, 2.05) is 18.7 Å². The molecule has 1 amide bonds. The molecule has 0 aromatic heterocycles. The molecule has 0 aliphatic heterocycles. The fourth-order valence-electron chi connectivity index (χ4n) is 1.67. The third-order valence-corrected chi connectivity index (χ3v) is 2.53. The molecule has 0 aromatic carbocycles. The molecule has 1 saturated carbocycles. The Kier molecular flexibility index (Phi) is 3.89. The maximum absolute atomic E-state index is 11.9. The molecule has 2 N–H and O–H groups in total. The van der Waals surface area contributed by atoms with Gasteiger partial charge in [0.2, 0.25) is 0 Å². The van der Waals surface area contributed by atoms with E-state index < -0.39 is 6.10 Å². The summed E-state index contributed by atoms with van der Waals surface area (Å²) in [5.74, 6) is 0.0347. The Morgan fingerprint density at radius 2 is 2.14 bits per heavy atom. The molecule has 4 heteroatoms. The van der Waals surface area contributed by atoms with E-state index in [-0.39, 0.29) is 18.5 Å². The highest BCUT2D eigenvalue weighted by Gasteiger charge is 2.36. The van der Waals surface area contributed by atoms with Crippen molar-refractivity contribution in [3.63, 3.8) is 0 Å². The number of hydrogen-bond acceptors (Lipinski definition) is 3. The maximum Gasteiger partial charge on any atom is 0.253 e. The van der Waals surface area contributed by atoms with Gasteiger partial charge in [0.15, 0.2) is 0 Å². The van der Waals surface area contributed by atoms with Crippen molar-refractivity contribution >= 4 is 5.91 Å². The first-order valence-electron chi connectivity index (χ1n) is 5.16. The van der Waals surface area contributed by atoms with Crippen molar-refractivity contribution < 1.29 is 9.53 Å². The van der Waals surface area contributed by atoms with Crippen molar-refractivity contribution in [2.75, 3.05) is 13.7 Å². The van der Waals surface area contributed by atoms with E-state index in [1.54, 1.807) is 0 Å². The Morgan fingerprint density at radius 3 is 2.43 bits per heavy atom. The first kappa shape index (κ1) is 11.5. The summed E-state index contributed by atoms with van der Waals surface area (Å²) in [6, 6.07) is 0.658. The molecule has 0 radical (unpaired) electrons. The van der Waals surface area contributed by atoms with Crippen LogP contribution < -0.4 is 5.73 Å². The smallest absolute Gasteiger partial charge is 0.253 e. The summed E-state index contributed by atoms with van der Waals surface area (Å²) in [4.78, 5) is 13.9. The van der Waals surface area contributed by atoms with Crippen LogP contribution in [0.5, 0.6) is 0 Å². The molecular formula is C10H20N2O2. The molecule has 1 aliphatic carbocycles. The number of ether oxygens (including phenoxy) is 1. The van der Waals surface area contributed by atoms with E-state index in [9.17, 15) is 4.79 Å². The van der Waals surface area contributed by atoms with Crippen molar-refractivity contribution in [2.45, 2.75) is 44.9 Å².